The van der Waals surface area contributed by atoms with Gasteiger partial charge in [-0.3, -0.25) is 0 Å². The Bertz CT molecular complexity index is 696. The first-order valence-electron chi connectivity index (χ1n) is 7.92. The quantitative estimate of drug-likeness (QED) is 0.419. The molecule has 2 aromatic rings. The summed E-state index contributed by atoms with van der Waals surface area (Å²) in [6.45, 7) is 4.79. The Morgan fingerprint density at radius 1 is 1.17 bits per heavy atom. The molecule has 0 amide bonds. The number of aryl methyl sites for hydroxylation is 2. The molecule has 0 unspecified atom stereocenters. The Morgan fingerprint density at radius 3 is 2.58 bits per heavy atom. The van der Waals surface area contributed by atoms with Crippen molar-refractivity contribution >= 4 is 41.3 Å². The maximum absolute atomic E-state index is 6.03. The number of nitrogens with two attached hydrogens (primary N) is 1. The Kier molecular flexibility index (Phi) is 8.04. The van der Waals surface area contributed by atoms with Gasteiger partial charge in [0.25, 0.3) is 0 Å². The van der Waals surface area contributed by atoms with Crippen molar-refractivity contribution in [3.8, 4) is 0 Å². The van der Waals surface area contributed by atoms with Crippen molar-refractivity contribution in [2.24, 2.45) is 10.7 Å². The number of nitrogens with one attached hydrogen (secondary N) is 1. The van der Waals surface area contributed by atoms with E-state index in [4.69, 9.17) is 5.73 Å². The number of aliphatic imine (C=N–C) groups is 1. The maximum Gasteiger partial charge on any atom is 0.193 e. The maximum atomic E-state index is 6.03. The lowest BCUT2D eigenvalue weighted by atomic mass is 10.1. The predicted molar refractivity (Wildman–Crippen MR) is 116 cm³/mol. The van der Waals surface area contributed by atoms with Gasteiger partial charge in [-0.05, 0) is 48.2 Å². The Morgan fingerprint density at radius 2 is 1.92 bits per heavy atom. The Balaban J connectivity index is 0.00000288. The van der Waals surface area contributed by atoms with Crippen LogP contribution in [0, 0.1) is 6.92 Å². The van der Waals surface area contributed by atoms with Gasteiger partial charge < -0.3 is 16.0 Å². The van der Waals surface area contributed by atoms with E-state index in [1.165, 1.54) is 16.8 Å². The molecule has 130 valence electrons. The molecule has 5 heteroatoms. The van der Waals surface area contributed by atoms with Crippen molar-refractivity contribution in [3.63, 3.8) is 0 Å². The molecule has 0 atom stereocenters. The van der Waals surface area contributed by atoms with E-state index in [1.807, 2.05) is 26.2 Å². The minimum absolute atomic E-state index is 0. The molecule has 0 radical (unpaired) electrons. The van der Waals surface area contributed by atoms with Crippen molar-refractivity contribution in [1.29, 1.82) is 0 Å². The van der Waals surface area contributed by atoms with Gasteiger partial charge in [-0.2, -0.15) is 0 Å². The van der Waals surface area contributed by atoms with E-state index >= 15 is 0 Å². The molecule has 4 nitrogen and oxygen atoms in total. The van der Waals surface area contributed by atoms with Gasteiger partial charge in [0, 0.05) is 25.5 Å². The van der Waals surface area contributed by atoms with Crippen molar-refractivity contribution in [3.05, 3.63) is 59.2 Å². The summed E-state index contributed by atoms with van der Waals surface area (Å²) < 4.78 is 0. The molecule has 0 spiro atoms. The number of halogens is 1. The van der Waals surface area contributed by atoms with E-state index in [1.54, 1.807) is 0 Å². The standard InChI is InChI=1S/C19H26N4.HI/c1-5-15-7-6-8-17(12-15)22-19(20)21-13-16-10-9-14(2)11-18(16)23(3)4;/h6-12H,5,13H2,1-4H3,(H3,20,21,22);1H. The Hall–Kier alpha value is -1.76. The summed E-state index contributed by atoms with van der Waals surface area (Å²) in [5.74, 6) is 0.434. The molecule has 0 heterocycles. The number of benzene rings is 2. The van der Waals surface area contributed by atoms with Crippen LogP contribution >= 0.6 is 24.0 Å². The van der Waals surface area contributed by atoms with E-state index < -0.39 is 0 Å². The van der Waals surface area contributed by atoms with Gasteiger partial charge in [-0.1, -0.05) is 31.2 Å². The van der Waals surface area contributed by atoms with Crippen LogP contribution in [0.2, 0.25) is 0 Å². The third kappa shape index (κ3) is 5.70. The van der Waals surface area contributed by atoms with Crippen LogP contribution < -0.4 is 16.0 Å². The molecule has 3 N–H and O–H groups in total. The summed E-state index contributed by atoms with van der Waals surface area (Å²) in [6, 6.07) is 14.6. The van der Waals surface area contributed by atoms with Gasteiger partial charge in [0.15, 0.2) is 5.96 Å². The van der Waals surface area contributed by atoms with Crippen molar-refractivity contribution in [2.45, 2.75) is 26.8 Å². The molecule has 0 fully saturated rings. The highest BCUT2D eigenvalue weighted by molar-refractivity contribution is 14.0. The number of guanidine groups is 1. The molecular formula is C19H27IN4. The second kappa shape index (κ2) is 9.52. The topological polar surface area (TPSA) is 53.6 Å². The molecule has 0 saturated heterocycles. The minimum atomic E-state index is 0. The van der Waals surface area contributed by atoms with Crippen molar-refractivity contribution in [1.82, 2.24) is 0 Å². The fourth-order valence-corrected chi connectivity index (χ4v) is 2.45. The first-order chi connectivity index (χ1) is 11.0. The van der Waals surface area contributed by atoms with E-state index in [0.717, 1.165) is 17.7 Å². The fourth-order valence-electron chi connectivity index (χ4n) is 2.45. The predicted octanol–water partition coefficient (Wildman–Crippen LogP) is 4.17. The molecule has 0 saturated carbocycles. The average Bonchev–Trinajstić information content (AvgIpc) is 2.53. The van der Waals surface area contributed by atoms with Gasteiger partial charge in [-0.25, -0.2) is 4.99 Å². The average molecular weight is 438 g/mol. The summed E-state index contributed by atoms with van der Waals surface area (Å²) in [7, 11) is 4.08. The fraction of sp³-hybridized carbons (Fsp3) is 0.316. The molecule has 2 rings (SSSR count). The molecule has 0 bridgehead atoms. The third-order valence-electron chi connectivity index (χ3n) is 3.75. The smallest absolute Gasteiger partial charge is 0.193 e. The van der Waals surface area contributed by atoms with E-state index in [9.17, 15) is 0 Å². The van der Waals surface area contributed by atoms with Crippen LogP contribution in [0.15, 0.2) is 47.5 Å². The highest BCUT2D eigenvalue weighted by Gasteiger charge is 2.05. The number of hydrogen-bond acceptors (Lipinski definition) is 2. The highest BCUT2D eigenvalue weighted by atomic mass is 127. The summed E-state index contributed by atoms with van der Waals surface area (Å²) in [5, 5.41) is 3.16. The number of anilines is 2. The molecule has 0 aliphatic carbocycles. The van der Waals surface area contributed by atoms with Crippen LogP contribution in [-0.4, -0.2) is 20.1 Å². The normalized spacial score (nSPS) is 10.9. The number of rotatable bonds is 5. The highest BCUT2D eigenvalue weighted by Crippen LogP contribution is 2.21. The van der Waals surface area contributed by atoms with Crippen LogP contribution in [-0.2, 0) is 13.0 Å². The Labute approximate surface area is 162 Å². The second-order valence-corrected chi connectivity index (χ2v) is 5.91. The van der Waals surface area contributed by atoms with E-state index in [0.29, 0.717) is 12.5 Å². The lowest BCUT2D eigenvalue weighted by Crippen LogP contribution is -2.22. The van der Waals surface area contributed by atoms with Crippen LogP contribution in [0.3, 0.4) is 0 Å². The van der Waals surface area contributed by atoms with Gasteiger partial charge >= 0.3 is 0 Å². The second-order valence-electron chi connectivity index (χ2n) is 5.91. The van der Waals surface area contributed by atoms with E-state index in [-0.39, 0.29) is 24.0 Å². The molecule has 0 aliphatic heterocycles. The van der Waals surface area contributed by atoms with Gasteiger partial charge in [0.05, 0.1) is 6.54 Å². The van der Waals surface area contributed by atoms with Crippen LogP contribution in [0.1, 0.15) is 23.6 Å². The molecule has 0 aliphatic rings. The summed E-state index contributed by atoms with van der Waals surface area (Å²) in [6.07, 6.45) is 1.00. The third-order valence-corrected chi connectivity index (χ3v) is 3.75. The van der Waals surface area contributed by atoms with Crippen molar-refractivity contribution < 1.29 is 0 Å². The summed E-state index contributed by atoms with van der Waals surface area (Å²) >= 11 is 0. The zero-order valence-electron chi connectivity index (χ0n) is 14.8. The first-order valence-corrected chi connectivity index (χ1v) is 7.92. The van der Waals surface area contributed by atoms with Crippen molar-refractivity contribution in [2.75, 3.05) is 24.3 Å². The van der Waals surface area contributed by atoms with Gasteiger partial charge in [0.2, 0.25) is 0 Å². The van der Waals surface area contributed by atoms with E-state index in [2.05, 4.69) is 59.4 Å². The zero-order valence-corrected chi connectivity index (χ0v) is 17.2. The monoisotopic (exact) mass is 438 g/mol. The largest absolute Gasteiger partial charge is 0.377 e. The van der Waals surface area contributed by atoms with Crippen LogP contribution in [0.5, 0.6) is 0 Å². The number of nitrogens with zero attached hydrogens (tertiary/aromatic N) is 2. The lowest BCUT2D eigenvalue weighted by Gasteiger charge is -2.17. The van der Waals surface area contributed by atoms with Crippen LogP contribution in [0.4, 0.5) is 11.4 Å². The molecular weight excluding hydrogens is 411 g/mol. The molecule has 24 heavy (non-hydrogen) atoms. The minimum Gasteiger partial charge on any atom is -0.377 e. The van der Waals surface area contributed by atoms with Gasteiger partial charge in [0.1, 0.15) is 0 Å². The van der Waals surface area contributed by atoms with Gasteiger partial charge in [-0.15, -0.1) is 24.0 Å². The lowest BCUT2D eigenvalue weighted by molar-refractivity contribution is 1.02. The molecule has 0 aromatic heterocycles. The summed E-state index contributed by atoms with van der Waals surface area (Å²) in [5.41, 5.74) is 11.9. The van der Waals surface area contributed by atoms with Crippen LogP contribution in [0.25, 0.3) is 0 Å². The first kappa shape index (κ1) is 20.3. The zero-order chi connectivity index (χ0) is 16.8. The molecule has 2 aromatic carbocycles. The SMILES string of the molecule is CCc1cccc(NC(N)=NCc2ccc(C)cc2N(C)C)c1.I. The number of hydrogen-bond donors (Lipinski definition) is 2. The summed E-state index contributed by atoms with van der Waals surface area (Å²) in [4.78, 5) is 6.58.